The Balaban J connectivity index is 1.82. The van der Waals surface area contributed by atoms with Crippen molar-refractivity contribution in [2.45, 2.75) is 20.0 Å². The van der Waals surface area contributed by atoms with E-state index in [0.29, 0.717) is 11.5 Å². The van der Waals surface area contributed by atoms with Gasteiger partial charge in [0.15, 0.2) is 11.5 Å². The zero-order valence-electron chi connectivity index (χ0n) is 11.3. The van der Waals surface area contributed by atoms with Gasteiger partial charge >= 0.3 is 5.97 Å². The maximum absolute atomic E-state index is 11.3. The van der Waals surface area contributed by atoms with Gasteiger partial charge in [-0.1, -0.05) is 6.92 Å². The number of benzene rings is 1. The van der Waals surface area contributed by atoms with Crippen LogP contribution in [0.5, 0.6) is 17.2 Å². The highest BCUT2D eigenvalue weighted by Crippen LogP contribution is 2.38. The Bertz CT molecular complexity index is 682. The fourth-order valence-corrected chi connectivity index (χ4v) is 2.67. The molecule has 1 aromatic carbocycles. The van der Waals surface area contributed by atoms with Crippen molar-refractivity contribution in [1.29, 1.82) is 0 Å². The second-order valence-electron chi connectivity index (χ2n) is 4.38. The molecule has 1 N–H and O–H groups in total. The summed E-state index contributed by atoms with van der Waals surface area (Å²) in [6.45, 7) is 2.34. The predicted molar refractivity (Wildman–Crippen MR) is 75.3 cm³/mol. The minimum absolute atomic E-state index is 0.0465. The SMILES string of the molecule is CCc1nc(COc2cc3c(cc2C(=O)O)OCO3)cs1. The van der Waals surface area contributed by atoms with Gasteiger partial charge in [-0.15, -0.1) is 11.3 Å². The molecule has 0 amide bonds. The summed E-state index contributed by atoms with van der Waals surface area (Å²) in [5.41, 5.74) is 0.830. The minimum Gasteiger partial charge on any atom is -0.486 e. The molecule has 0 fully saturated rings. The van der Waals surface area contributed by atoms with Crippen LogP contribution in [0.4, 0.5) is 0 Å². The molecule has 1 aromatic heterocycles. The number of carboxylic acids is 1. The molecule has 0 saturated heterocycles. The molecular formula is C14H13NO5S. The van der Waals surface area contributed by atoms with Gasteiger partial charge in [0.05, 0.1) is 10.7 Å². The first-order valence-corrected chi connectivity index (χ1v) is 7.28. The normalized spacial score (nSPS) is 12.4. The van der Waals surface area contributed by atoms with E-state index < -0.39 is 5.97 Å². The molecule has 0 unspecified atom stereocenters. The number of hydrogen-bond acceptors (Lipinski definition) is 6. The fraction of sp³-hybridized carbons (Fsp3) is 0.286. The van der Waals surface area contributed by atoms with Gasteiger partial charge in [-0.05, 0) is 6.42 Å². The van der Waals surface area contributed by atoms with Gasteiger partial charge in [0.1, 0.15) is 17.9 Å². The lowest BCUT2D eigenvalue weighted by atomic mass is 10.2. The molecule has 3 rings (SSSR count). The van der Waals surface area contributed by atoms with Gasteiger partial charge in [0, 0.05) is 17.5 Å². The largest absolute Gasteiger partial charge is 0.486 e. The third-order valence-electron chi connectivity index (χ3n) is 2.98. The summed E-state index contributed by atoms with van der Waals surface area (Å²) in [6, 6.07) is 2.96. The van der Waals surface area contributed by atoms with Crippen LogP contribution in [0.25, 0.3) is 0 Å². The highest BCUT2D eigenvalue weighted by atomic mass is 32.1. The molecule has 2 heterocycles. The van der Waals surface area contributed by atoms with Crippen LogP contribution in [0.3, 0.4) is 0 Å². The molecule has 2 aromatic rings. The van der Waals surface area contributed by atoms with Crippen molar-refractivity contribution < 1.29 is 24.1 Å². The average molecular weight is 307 g/mol. The molecular weight excluding hydrogens is 294 g/mol. The Morgan fingerprint density at radius 1 is 1.43 bits per heavy atom. The number of thiazole rings is 1. The second-order valence-corrected chi connectivity index (χ2v) is 5.32. The van der Waals surface area contributed by atoms with E-state index in [9.17, 15) is 9.90 Å². The van der Waals surface area contributed by atoms with E-state index in [1.165, 1.54) is 6.07 Å². The van der Waals surface area contributed by atoms with Crippen molar-refractivity contribution in [2.24, 2.45) is 0 Å². The van der Waals surface area contributed by atoms with E-state index in [1.807, 2.05) is 12.3 Å². The van der Waals surface area contributed by atoms with Gasteiger partial charge in [-0.25, -0.2) is 9.78 Å². The highest BCUT2D eigenvalue weighted by Gasteiger charge is 2.21. The monoisotopic (exact) mass is 307 g/mol. The molecule has 21 heavy (non-hydrogen) atoms. The number of hydrogen-bond donors (Lipinski definition) is 1. The maximum Gasteiger partial charge on any atom is 0.339 e. The topological polar surface area (TPSA) is 77.9 Å². The Morgan fingerprint density at radius 2 is 2.19 bits per heavy atom. The smallest absolute Gasteiger partial charge is 0.339 e. The Morgan fingerprint density at radius 3 is 2.86 bits per heavy atom. The van der Waals surface area contributed by atoms with Crippen LogP contribution < -0.4 is 14.2 Å². The van der Waals surface area contributed by atoms with Gasteiger partial charge in [-0.3, -0.25) is 0 Å². The number of nitrogens with zero attached hydrogens (tertiary/aromatic N) is 1. The molecule has 110 valence electrons. The summed E-state index contributed by atoms with van der Waals surface area (Å²) in [5, 5.41) is 12.2. The average Bonchev–Trinajstić information content (AvgIpc) is 3.12. The van der Waals surface area contributed by atoms with Gasteiger partial charge in [0.25, 0.3) is 0 Å². The molecule has 1 aliphatic rings. The van der Waals surface area contributed by atoms with Crippen LogP contribution in [0.1, 0.15) is 28.0 Å². The lowest BCUT2D eigenvalue weighted by molar-refractivity contribution is 0.0691. The van der Waals surface area contributed by atoms with Crippen LogP contribution in [-0.2, 0) is 13.0 Å². The van der Waals surface area contributed by atoms with Gasteiger partial charge in [0.2, 0.25) is 6.79 Å². The van der Waals surface area contributed by atoms with E-state index >= 15 is 0 Å². The highest BCUT2D eigenvalue weighted by molar-refractivity contribution is 7.09. The van der Waals surface area contributed by atoms with Crippen molar-refractivity contribution in [3.05, 3.63) is 33.8 Å². The van der Waals surface area contributed by atoms with Crippen molar-refractivity contribution in [3.63, 3.8) is 0 Å². The lowest BCUT2D eigenvalue weighted by Gasteiger charge is -2.09. The molecule has 7 heteroatoms. The Hall–Kier alpha value is -2.28. The lowest BCUT2D eigenvalue weighted by Crippen LogP contribution is -2.04. The fourth-order valence-electron chi connectivity index (χ4n) is 1.94. The van der Waals surface area contributed by atoms with Crippen LogP contribution in [0.15, 0.2) is 17.5 Å². The third-order valence-corrected chi connectivity index (χ3v) is 4.02. The molecule has 0 atom stereocenters. The summed E-state index contributed by atoms with van der Waals surface area (Å²) in [5.74, 6) is 0.0813. The van der Waals surface area contributed by atoms with E-state index in [1.54, 1.807) is 17.4 Å². The maximum atomic E-state index is 11.3. The van der Waals surface area contributed by atoms with Crippen molar-refractivity contribution in [3.8, 4) is 17.2 Å². The van der Waals surface area contributed by atoms with Crippen LogP contribution in [0.2, 0.25) is 0 Å². The first kappa shape index (κ1) is 13.7. The zero-order valence-corrected chi connectivity index (χ0v) is 12.1. The molecule has 0 bridgehead atoms. The zero-order chi connectivity index (χ0) is 14.8. The summed E-state index contributed by atoms with van der Waals surface area (Å²) < 4.78 is 16.0. The molecule has 0 saturated carbocycles. The quantitative estimate of drug-likeness (QED) is 0.915. The number of fused-ring (bicyclic) bond motifs is 1. The molecule has 0 aliphatic carbocycles. The predicted octanol–water partition coefficient (Wildman–Crippen LogP) is 2.71. The van der Waals surface area contributed by atoms with E-state index in [0.717, 1.165) is 17.1 Å². The molecule has 0 spiro atoms. The number of aromatic carboxylic acids is 1. The van der Waals surface area contributed by atoms with Crippen LogP contribution in [-0.4, -0.2) is 22.9 Å². The number of rotatable bonds is 5. The molecule has 6 nitrogen and oxygen atoms in total. The second kappa shape index (κ2) is 5.61. The van der Waals surface area contributed by atoms with E-state index in [-0.39, 0.29) is 24.7 Å². The molecule has 1 aliphatic heterocycles. The number of ether oxygens (including phenoxy) is 3. The van der Waals surface area contributed by atoms with Crippen molar-refractivity contribution in [1.82, 2.24) is 4.98 Å². The summed E-state index contributed by atoms with van der Waals surface area (Å²) in [4.78, 5) is 15.7. The number of carbonyl (C=O) groups is 1. The standard InChI is InChI=1S/C14H13NO5S/c1-2-13-15-8(6-21-13)5-18-10-4-12-11(19-7-20-12)3-9(10)14(16)17/h3-4,6H,2,5,7H2,1H3,(H,16,17). The summed E-state index contributed by atoms with van der Waals surface area (Å²) in [7, 11) is 0. The van der Waals surface area contributed by atoms with Crippen molar-refractivity contribution in [2.75, 3.05) is 6.79 Å². The van der Waals surface area contributed by atoms with Gasteiger partial charge in [-0.2, -0.15) is 0 Å². The van der Waals surface area contributed by atoms with Crippen molar-refractivity contribution >= 4 is 17.3 Å². The van der Waals surface area contributed by atoms with Gasteiger partial charge < -0.3 is 19.3 Å². The molecule has 0 radical (unpaired) electrons. The van der Waals surface area contributed by atoms with E-state index in [2.05, 4.69) is 4.98 Å². The Labute approximate surface area is 124 Å². The number of carboxylic acid groups (broad SMARTS) is 1. The van der Waals surface area contributed by atoms with E-state index in [4.69, 9.17) is 14.2 Å². The number of aryl methyl sites for hydroxylation is 1. The third kappa shape index (κ3) is 2.78. The minimum atomic E-state index is -1.07. The Kier molecular flexibility index (Phi) is 3.66. The first-order chi connectivity index (χ1) is 10.2. The number of aromatic nitrogens is 1. The first-order valence-electron chi connectivity index (χ1n) is 6.40. The van der Waals surface area contributed by atoms with Crippen LogP contribution >= 0.6 is 11.3 Å². The van der Waals surface area contributed by atoms with Crippen LogP contribution in [0, 0.1) is 0 Å². The summed E-state index contributed by atoms with van der Waals surface area (Å²) in [6.07, 6.45) is 0.870. The summed E-state index contributed by atoms with van der Waals surface area (Å²) >= 11 is 1.56.